The molecule has 0 aromatic rings. The number of ketones is 1. The van der Waals surface area contributed by atoms with Crippen LogP contribution in [0.15, 0.2) is 0 Å². The van der Waals surface area contributed by atoms with Crippen molar-refractivity contribution >= 4 is 23.7 Å². The Morgan fingerprint density at radius 3 is 2.24 bits per heavy atom. The molecule has 1 saturated heterocycles. The Morgan fingerprint density at radius 2 is 1.76 bits per heavy atom. The van der Waals surface area contributed by atoms with Crippen LogP contribution in [0.5, 0.6) is 0 Å². The molecule has 0 bridgehead atoms. The van der Waals surface area contributed by atoms with Crippen LogP contribution in [-0.2, 0) is 19.1 Å². The number of likely N-dealkylation sites (N-methyl/N-ethyl adjacent to an activating group) is 1. The van der Waals surface area contributed by atoms with Crippen LogP contribution in [0.1, 0.15) is 67.7 Å². The summed E-state index contributed by atoms with van der Waals surface area (Å²) in [6.45, 7) is 12.7. The molecule has 3 amide bonds. The number of carbonyl (C=O) groups excluding carboxylic acids is 4. The van der Waals surface area contributed by atoms with Gasteiger partial charge in [-0.25, -0.2) is 4.79 Å². The molecule has 1 N–H and O–H groups in total. The third kappa shape index (κ3) is 7.33. The fourth-order valence-corrected chi connectivity index (χ4v) is 3.51. The van der Waals surface area contributed by atoms with Gasteiger partial charge < -0.3 is 19.9 Å². The molecule has 1 aliphatic rings. The first kappa shape index (κ1) is 24.9. The van der Waals surface area contributed by atoms with Gasteiger partial charge in [0.15, 0.2) is 5.78 Å². The summed E-state index contributed by atoms with van der Waals surface area (Å²) < 4.78 is 5.19. The molecule has 0 aromatic heterocycles. The lowest BCUT2D eigenvalue weighted by Crippen LogP contribution is -2.55. The summed E-state index contributed by atoms with van der Waals surface area (Å²) in [5.41, 5.74) is -0.667. The van der Waals surface area contributed by atoms with Crippen molar-refractivity contribution in [3.05, 3.63) is 0 Å². The molecule has 8 nitrogen and oxygen atoms in total. The van der Waals surface area contributed by atoms with Crippen molar-refractivity contribution in [2.24, 2.45) is 5.92 Å². The van der Waals surface area contributed by atoms with Crippen LogP contribution in [-0.4, -0.2) is 70.8 Å². The SMILES string of the molecule is CC(=O)C(CC(C)C)N(C)C(=O)C1CCCN1C(=O)[C@H](C)NC(=O)OC(C)(C)C. The second kappa shape index (κ2) is 10.1. The van der Waals surface area contributed by atoms with E-state index >= 15 is 0 Å². The second-order valence-electron chi connectivity index (χ2n) is 9.26. The lowest BCUT2D eigenvalue weighted by atomic mass is 9.99. The summed E-state index contributed by atoms with van der Waals surface area (Å²) in [6.07, 6.45) is 1.14. The van der Waals surface area contributed by atoms with Crippen LogP contribution in [0, 0.1) is 5.92 Å². The van der Waals surface area contributed by atoms with E-state index in [1.165, 1.54) is 16.7 Å². The third-order valence-electron chi connectivity index (χ3n) is 4.90. The van der Waals surface area contributed by atoms with Gasteiger partial charge in [0.05, 0.1) is 6.04 Å². The molecule has 1 aliphatic heterocycles. The van der Waals surface area contributed by atoms with Gasteiger partial charge in [-0.05, 0) is 59.8 Å². The Morgan fingerprint density at radius 1 is 1.17 bits per heavy atom. The monoisotopic (exact) mass is 411 g/mol. The van der Waals surface area contributed by atoms with Crippen LogP contribution in [0.2, 0.25) is 0 Å². The van der Waals surface area contributed by atoms with E-state index in [0.29, 0.717) is 25.8 Å². The van der Waals surface area contributed by atoms with Crippen molar-refractivity contribution < 1.29 is 23.9 Å². The zero-order valence-corrected chi connectivity index (χ0v) is 19.1. The fraction of sp³-hybridized carbons (Fsp3) is 0.810. The van der Waals surface area contributed by atoms with E-state index in [4.69, 9.17) is 4.74 Å². The van der Waals surface area contributed by atoms with Gasteiger partial charge in [0.2, 0.25) is 11.8 Å². The first-order chi connectivity index (χ1) is 13.2. The Labute approximate surface area is 174 Å². The van der Waals surface area contributed by atoms with Crippen LogP contribution in [0.4, 0.5) is 4.79 Å². The minimum atomic E-state index is -0.817. The number of alkyl carbamates (subject to hydrolysis) is 1. The molecule has 2 unspecified atom stereocenters. The number of Topliss-reactive ketones (excluding diaryl/α,β-unsaturated/α-hetero) is 1. The molecule has 1 heterocycles. The first-order valence-corrected chi connectivity index (χ1v) is 10.3. The number of hydrogen-bond acceptors (Lipinski definition) is 5. The zero-order valence-electron chi connectivity index (χ0n) is 19.1. The van der Waals surface area contributed by atoms with E-state index in [1.54, 1.807) is 34.7 Å². The molecule has 0 spiro atoms. The van der Waals surface area contributed by atoms with Crippen molar-refractivity contribution in [1.82, 2.24) is 15.1 Å². The average Bonchev–Trinajstić information content (AvgIpc) is 3.04. The number of carbonyl (C=O) groups is 4. The van der Waals surface area contributed by atoms with Gasteiger partial charge in [0, 0.05) is 13.6 Å². The van der Waals surface area contributed by atoms with Crippen LogP contribution in [0.25, 0.3) is 0 Å². The normalized spacial score (nSPS) is 18.9. The average molecular weight is 412 g/mol. The number of rotatable bonds is 7. The number of nitrogens with zero attached hydrogens (tertiary/aromatic N) is 2. The molecule has 0 aromatic carbocycles. The van der Waals surface area contributed by atoms with E-state index < -0.39 is 29.8 Å². The molecule has 1 rings (SSSR count). The minimum Gasteiger partial charge on any atom is -0.444 e. The molecule has 166 valence electrons. The molecule has 29 heavy (non-hydrogen) atoms. The Balaban J connectivity index is 2.85. The molecular weight excluding hydrogens is 374 g/mol. The fourth-order valence-electron chi connectivity index (χ4n) is 3.51. The van der Waals surface area contributed by atoms with Crippen molar-refractivity contribution in [2.45, 2.75) is 91.5 Å². The summed E-state index contributed by atoms with van der Waals surface area (Å²) in [5.74, 6) is -0.367. The Kier molecular flexibility index (Phi) is 8.65. The number of ether oxygens (including phenoxy) is 1. The van der Waals surface area contributed by atoms with E-state index in [2.05, 4.69) is 5.32 Å². The summed E-state index contributed by atoms with van der Waals surface area (Å²) in [6, 6.07) is -1.94. The quantitative estimate of drug-likeness (QED) is 0.694. The number of hydrogen-bond donors (Lipinski definition) is 1. The lowest BCUT2D eigenvalue weighted by Gasteiger charge is -2.33. The maximum absolute atomic E-state index is 13.1. The van der Waals surface area contributed by atoms with Gasteiger partial charge in [-0.15, -0.1) is 0 Å². The summed E-state index contributed by atoms with van der Waals surface area (Å²) in [4.78, 5) is 53.0. The van der Waals surface area contributed by atoms with E-state index in [1.807, 2.05) is 13.8 Å². The molecule has 0 aliphatic carbocycles. The van der Waals surface area contributed by atoms with Gasteiger partial charge in [-0.3, -0.25) is 14.4 Å². The van der Waals surface area contributed by atoms with Crippen LogP contribution >= 0.6 is 0 Å². The molecule has 1 fully saturated rings. The summed E-state index contributed by atoms with van der Waals surface area (Å²) in [5, 5.41) is 2.54. The standard InChI is InChI=1S/C21H37N3O5/c1-13(2)12-17(15(4)25)23(8)19(27)16-10-9-11-24(16)18(26)14(3)22-20(28)29-21(5,6)7/h13-14,16-17H,9-12H2,1-8H3,(H,22,28)/t14-,16?,17?/m0/s1. The summed E-state index contributed by atoms with van der Waals surface area (Å²) >= 11 is 0. The van der Waals surface area contributed by atoms with Crippen molar-refractivity contribution in [3.8, 4) is 0 Å². The smallest absolute Gasteiger partial charge is 0.408 e. The van der Waals surface area contributed by atoms with Gasteiger partial charge in [-0.2, -0.15) is 0 Å². The van der Waals surface area contributed by atoms with Crippen LogP contribution < -0.4 is 5.32 Å². The van der Waals surface area contributed by atoms with Crippen molar-refractivity contribution in [1.29, 1.82) is 0 Å². The molecule has 0 radical (unpaired) electrons. The summed E-state index contributed by atoms with van der Waals surface area (Å²) in [7, 11) is 1.63. The van der Waals surface area contributed by atoms with E-state index in [9.17, 15) is 19.2 Å². The molecule has 8 heteroatoms. The van der Waals surface area contributed by atoms with Gasteiger partial charge in [0.25, 0.3) is 0 Å². The first-order valence-electron chi connectivity index (χ1n) is 10.3. The predicted molar refractivity (Wildman–Crippen MR) is 110 cm³/mol. The van der Waals surface area contributed by atoms with E-state index in [-0.39, 0.29) is 23.5 Å². The maximum Gasteiger partial charge on any atom is 0.408 e. The Bertz CT molecular complexity index is 626. The highest BCUT2D eigenvalue weighted by atomic mass is 16.6. The highest BCUT2D eigenvalue weighted by Crippen LogP contribution is 2.22. The zero-order chi connectivity index (χ0) is 22.5. The largest absolute Gasteiger partial charge is 0.444 e. The van der Waals surface area contributed by atoms with Crippen molar-refractivity contribution in [3.63, 3.8) is 0 Å². The molecule has 3 atom stereocenters. The second-order valence-corrected chi connectivity index (χ2v) is 9.26. The predicted octanol–water partition coefficient (Wildman–Crippen LogP) is 2.35. The number of nitrogens with one attached hydrogen (secondary N) is 1. The van der Waals surface area contributed by atoms with Gasteiger partial charge >= 0.3 is 6.09 Å². The topological polar surface area (TPSA) is 96.0 Å². The van der Waals surface area contributed by atoms with Gasteiger partial charge in [-0.1, -0.05) is 13.8 Å². The maximum atomic E-state index is 13.1. The molecule has 0 saturated carbocycles. The van der Waals surface area contributed by atoms with Gasteiger partial charge in [0.1, 0.15) is 17.7 Å². The minimum absolute atomic E-state index is 0.0645. The molecular formula is C21H37N3O5. The van der Waals surface area contributed by atoms with E-state index in [0.717, 1.165) is 0 Å². The number of likely N-dealkylation sites (tertiary alicyclic amines) is 1. The number of amides is 3. The van der Waals surface area contributed by atoms with Crippen molar-refractivity contribution in [2.75, 3.05) is 13.6 Å². The Hall–Kier alpha value is -2.12. The highest BCUT2D eigenvalue weighted by Gasteiger charge is 2.39. The lowest BCUT2D eigenvalue weighted by molar-refractivity contribution is -0.147. The van der Waals surface area contributed by atoms with Crippen LogP contribution in [0.3, 0.4) is 0 Å². The highest BCUT2D eigenvalue weighted by molar-refractivity contribution is 5.94. The third-order valence-corrected chi connectivity index (χ3v) is 4.90.